The number of rotatable bonds is 5. The maximum Gasteiger partial charge on any atom is 0.147 e. The van der Waals surface area contributed by atoms with Crippen LogP contribution in [0.1, 0.15) is 32.6 Å². The molecular formula is C9H16N4S2. The SMILES string of the molecule is CCCCCCN=c1c(=S)[nH][nH][nH]c1=S. The van der Waals surface area contributed by atoms with Gasteiger partial charge in [-0.05, 0) is 6.42 Å². The zero-order chi connectivity index (χ0) is 11.1. The first-order valence-electron chi connectivity index (χ1n) is 5.16. The van der Waals surface area contributed by atoms with Gasteiger partial charge in [-0.1, -0.05) is 50.6 Å². The third-order valence-electron chi connectivity index (χ3n) is 2.06. The molecule has 0 aliphatic rings. The zero-order valence-electron chi connectivity index (χ0n) is 8.80. The summed E-state index contributed by atoms with van der Waals surface area (Å²) in [6.07, 6.45) is 4.81. The van der Waals surface area contributed by atoms with E-state index in [0.29, 0.717) is 14.6 Å². The van der Waals surface area contributed by atoms with Crippen molar-refractivity contribution < 1.29 is 0 Å². The molecule has 0 bridgehead atoms. The van der Waals surface area contributed by atoms with Gasteiger partial charge in [0.2, 0.25) is 0 Å². The topological polar surface area (TPSA) is 59.7 Å². The Bertz CT molecular complexity index is 423. The maximum absolute atomic E-state index is 5.07. The normalized spacial score (nSPS) is 10.2. The summed E-state index contributed by atoms with van der Waals surface area (Å²) < 4.78 is 1.13. The third-order valence-corrected chi connectivity index (χ3v) is 2.65. The van der Waals surface area contributed by atoms with E-state index in [2.05, 4.69) is 27.3 Å². The van der Waals surface area contributed by atoms with Crippen molar-refractivity contribution >= 4 is 24.4 Å². The summed E-state index contributed by atoms with van der Waals surface area (Å²) in [6, 6.07) is 0. The minimum absolute atomic E-state index is 0.564. The van der Waals surface area contributed by atoms with Gasteiger partial charge >= 0.3 is 0 Å². The average Bonchev–Trinajstić information content (AvgIpc) is 2.21. The number of unbranched alkanes of at least 4 members (excludes halogenated alkanes) is 3. The van der Waals surface area contributed by atoms with Crippen molar-refractivity contribution in [3.63, 3.8) is 0 Å². The van der Waals surface area contributed by atoms with E-state index in [4.69, 9.17) is 24.4 Å². The van der Waals surface area contributed by atoms with Crippen molar-refractivity contribution in [1.82, 2.24) is 15.4 Å². The van der Waals surface area contributed by atoms with Gasteiger partial charge in [-0.2, -0.15) is 0 Å². The van der Waals surface area contributed by atoms with E-state index in [1.54, 1.807) is 0 Å². The molecule has 0 atom stereocenters. The number of aromatic amines is 3. The van der Waals surface area contributed by atoms with Crippen LogP contribution in [0.2, 0.25) is 0 Å². The number of hydrogen-bond donors (Lipinski definition) is 3. The molecule has 0 aliphatic heterocycles. The van der Waals surface area contributed by atoms with Crippen LogP contribution in [0.15, 0.2) is 4.99 Å². The molecular weight excluding hydrogens is 228 g/mol. The Kier molecular flexibility index (Phi) is 5.49. The monoisotopic (exact) mass is 244 g/mol. The van der Waals surface area contributed by atoms with Gasteiger partial charge in [0.15, 0.2) is 0 Å². The molecule has 0 fully saturated rings. The van der Waals surface area contributed by atoms with E-state index in [0.717, 1.165) is 13.0 Å². The Morgan fingerprint density at radius 1 is 1.07 bits per heavy atom. The standard InChI is InChI=1S/C9H16N4S2/c1-2-3-4-5-6-10-7-8(14)11-13-12-9(7)15/h2-6H2,1H3,(H,10,13)(H2,11,12,14,15). The molecule has 0 aliphatic carbocycles. The van der Waals surface area contributed by atoms with Crippen molar-refractivity contribution in [2.75, 3.05) is 6.54 Å². The molecule has 0 unspecified atom stereocenters. The van der Waals surface area contributed by atoms with Gasteiger partial charge in [0.25, 0.3) is 0 Å². The lowest BCUT2D eigenvalue weighted by molar-refractivity contribution is 0.668. The van der Waals surface area contributed by atoms with E-state index in [-0.39, 0.29) is 0 Å². The summed E-state index contributed by atoms with van der Waals surface area (Å²) in [6.45, 7) is 2.98. The van der Waals surface area contributed by atoms with E-state index in [1.807, 2.05) is 0 Å². The number of nitrogens with zero attached hydrogens (tertiary/aromatic N) is 1. The van der Waals surface area contributed by atoms with Gasteiger partial charge in [-0.25, -0.2) is 5.21 Å². The minimum Gasteiger partial charge on any atom is -0.279 e. The summed E-state index contributed by atoms with van der Waals surface area (Å²) in [4.78, 5) is 4.39. The first-order valence-corrected chi connectivity index (χ1v) is 5.97. The molecule has 0 spiro atoms. The largest absolute Gasteiger partial charge is 0.279 e. The van der Waals surface area contributed by atoms with Crippen LogP contribution in [0, 0.1) is 9.28 Å². The first kappa shape index (κ1) is 12.3. The number of nitrogens with one attached hydrogen (secondary N) is 3. The summed E-state index contributed by atoms with van der Waals surface area (Å²) in [7, 11) is 0. The van der Waals surface area contributed by atoms with Crippen LogP contribution in [0.25, 0.3) is 0 Å². The van der Waals surface area contributed by atoms with Gasteiger partial charge in [-0.3, -0.25) is 15.2 Å². The fourth-order valence-corrected chi connectivity index (χ4v) is 1.74. The fourth-order valence-electron chi connectivity index (χ4n) is 1.24. The van der Waals surface area contributed by atoms with Crippen LogP contribution < -0.4 is 5.36 Å². The second-order valence-electron chi connectivity index (χ2n) is 3.32. The Hall–Kier alpha value is -0.750. The average molecular weight is 244 g/mol. The van der Waals surface area contributed by atoms with Crippen LogP contribution in [0.4, 0.5) is 0 Å². The van der Waals surface area contributed by atoms with E-state index < -0.39 is 0 Å². The van der Waals surface area contributed by atoms with Gasteiger partial charge in [0.05, 0.1) is 0 Å². The molecule has 3 N–H and O–H groups in total. The summed E-state index contributed by atoms with van der Waals surface area (Å²) in [5.41, 5.74) is 0. The molecule has 0 aromatic carbocycles. The molecule has 15 heavy (non-hydrogen) atoms. The number of hydrogen-bond acceptors (Lipinski definition) is 3. The van der Waals surface area contributed by atoms with Gasteiger partial charge in [-0.15, -0.1) is 0 Å². The lowest BCUT2D eigenvalue weighted by Gasteiger charge is -1.95. The highest BCUT2D eigenvalue weighted by atomic mass is 32.1. The van der Waals surface area contributed by atoms with Crippen LogP contribution in [0.5, 0.6) is 0 Å². The quantitative estimate of drug-likeness (QED) is 0.551. The van der Waals surface area contributed by atoms with Gasteiger partial charge < -0.3 is 0 Å². The van der Waals surface area contributed by atoms with E-state index >= 15 is 0 Å². The van der Waals surface area contributed by atoms with Crippen molar-refractivity contribution in [3.8, 4) is 0 Å². The molecule has 0 saturated carbocycles. The van der Waals surface area contributed by atoms with Crippen LogP contribution >= 0.6 is 24.4 Å². The predicted molar refractivity (Wildman–Crippen MR) is 65.7 cm³/mol. The molecule has 84 valence electrons. The maximum atomic E-state index is 5.07. The predicted octanol–water partition coefficient (Wildman–Crippen LogP) is 2.61. The molecule has 4 nitrogen and oxygen atoms in total. The summed E-state index contributed by atoms with van der Waals surface area (Å²) >= 11 is 10.1. The zero-order valence-corrected chi connectivity index (χ0v) is 10.4. The van der Waals surface area contributed by atoms with Crippen molar-refractivity contribution in [2.24, 2.45) is 4.99 Å². The summed E-state index contributed by atoms with van der Waals surface area (Å²) in [5.74, 6) is 0. The number of H-pyrrole nitrogens is 3. The second-order valence-corrected chi connectivity index (χ2v) is 4.14. The van der Waals surface area contributed by atoms with Gasteiger partial charge in [0, 0.05) is 6.54 Å². The molecule has 1 heterocycles. The minimum atomic E-state index is 0.564. The molecule has 0 amide bonds. The molecule has 0 radical (unpaired) electrons. The molecule has 1 rings (SSSR count). The smallest absolute Gasteiger partial charge is 0.147 e. The second kappa shape index (κ2) is 6.68. The Balaban J connectivity index is 2.66. The lowest BCUT2D eigenvalue weighted by Crippen LogP contribution is -2.11. The first-order chi connectivity index (χ1) is 7.25. The van der Waals surface area contributed by atoms with Crippen LogP contribution in [0.3, 0.4) is 0 Å². The van der Waals surface area contributed by atoms with Crippen molar-refractivity contribution in [1.29, 1.82) is 0 Å². The molecule has 6 heteroatoms. The van der Waals surface area contributed by atoms with Crippen LogP contribution in [-0.2, 0) is 0 Å². The molecule has 0 saturated heterocycles. The van der Waals surface area contributed by atoms with Crippen molar-refractivity contribution in [3.05, 3.63) is 14.6 Å². The highest BCUT2D eigenvalue weighted by Crippen LogP contribution is 1.97. The van der Waals surface area contributed by atoms with Crippen molar-refractivity contribution in [2.45, 2.75) is 32.6 Å². The van der Waals surface area contributed by atoms with E-state index in [9.17, 15) is 0 Å². The Morgan fingerprint density at radius 3 is 2.33 bits per heavy atom. The Morgan fingerprint density at radius 2 is 1.73 bits per heavy atom. The fraction of sp³-hybridized carbons (Fsp3) is 0.667. The highest BCUT2D eigenvalue weighted by molar-refractivity contribution is 7.72. The Labute approximate surface area is 98.8 Å². The molecule has 1 aromatic rings. The highest BCUT2D eigenvalue weighted by Gasteiger charge is 1.90. The summed E-state index contributed by atoms with van der Waals surface area (Å²) in [5, 5.41) is 8.89. The number of aromatic nitrogens is 3. The van der Waals surface area contributed by atoms with Crippen LogP contribution in [-0.4, -0.2) is 22.0 Å². The third kappa shape index (κ3) is 4.09. The lowest BCUT2D eigenvalue weighted by atomic mass is 10.2. The molecule has 1 aromatic heterocycles. The van der Waals surface area contributed by atoms with E-state index in [1.165, 1.54) is 19.3 Å². The van der Waals surface area contributed by atoms with Gasteiger partial charge in [0.1, 0.15) is 14.6 Å².